The largest absolute Gasteiger partial charge is 0.416 e. The van der Waals surface area contributed by atoms with Gasteiger partial charge in [0.15, 0.2) is 0 Å². The van der Waals surface area contributed by atoms with Gasteiger partial charge in [-0.25, -0.2) is 0 Å². The molecule has 0 amide bonds. The van der Waals surface area contributed by atoms with Crippen molar-refractivity contribution in [3.8, 4) is 0 Å². The number of hydrogen-bond donors (Lipinski definition) is 1. The Labute approximate surface area is 133 Å². The predicted octanol–water partition coefficient (Wildman–Crippen LogP) is 3.79. The van der Waals surface area contributed by atoms with Crippen LogP contribution in [0.1, 0.15) is 23.1 Å². The Morgan fingerprint density at radius 2 is 1.67 bits per heavy atom. The van der Waals surface area contributed by atoms with Crippen molar-refractivity contribution in [3.05, 3.63) is 34.9 Å². The summed E-state index contributed by atoms with van der Waals surface area (Å²) in [5.41, 5.74) is -2.88. The summed E-state index contributed by atoms with van der Waals surface area (Å²) in [6.45, 7) is 0.606. The zero-order chi connectivity index (χ0) is 18.0. The lowest BCUT2D eigenvalue weighted by molar-refractivity contribution is -0.143. The van der Waals surface area contributed by atoms with Crippen LogP contribution in [0, 0.1) is 0 Å². The molecular formula is C14H13F6N3O. The number of rotatable bonds is 3. The van der Waals surface area contributed by atoms with Crippen molar-refractivity contribution < 1.29 is 31.5 Å². The van der Waals surface area contributed by atoms with Crippen LogP contribution in [0.4, 0.5) is 26.3 Å². The molecule has 0 spiro atoms. The molecule has 0 radical (unpaired) electrons. The van der Waals surface area contributed by atoms with E-state index < -0.39 is 23.5 Å². The van der Waals surface area contributed by atoms with Gasteiger partial charge in [-0.05, 0) is 30.2 Å². The Kier molecular flexibility index (Phi) is 5.05. The van der Waals surface area contributed by atoms with Crippen molar-refractivity contribution in [1.29, 1.82) is 0 Å². The van der Waals surface area contributed by atoms with E-state index in [1.807, 2.05) is 0 Å². The molecule has 1 aliphatic rings. The van der Waals surface area contributed by atoms with Gasteiger partial charge in [-0.15, -0.1) is 0 Å². The molecule has 132 valence electrons. The number of hydrogen-bond acceptors (Lipinski definition) is 4. The van der Waals surface area contributed by atoms with Gasteiger partial charge in [0.1, 0.15) is 12.1 Å². The fraction of sp³-hybridized carbons (Fsp3) is 0.429. The normalized spacial score (nSPS) is 16.6. The maximum atomic E-state index is 12.9. The minimum absolute atomic E-state index is 0.0872. The monoisotopic (exact) mass is 353 g/mol. The highest BCUT2D eigenvalue weighted by molar-refractivity contribution is 6.29. The van der Waals surface area contributed by atoms with E-state index in [4.69, 9.17) is 5.21 Å². The highest BCUT2D eigenvalue weighted by atomic mass is 19.4. The van der Waals surface area contributed by atoms with Gasteiger partial charge in [-0.1, -0.05) is 5.16 Å². The molecule has 0 atom stereocenters. The average Bonchev–Trinajstić information content (AvgIpc) is 2.47. The fourth-order valence-corrected chi connectivity index (χ4v) is 2.33. The summed E-state index contributed by atoms with van der Waals surface area (Å²) < 4.78 is 77.1. The number of halogens is 6. The van der Waals surface area contributed by atoms with E-state index in [-0.39, 0.29) is 24.0 Å². The molecular weight excluding hydrogens is 340 g/mol. The van der Waals surface area contributed by atoms with E-state index in [0.717, 1.165) is 6.21 Å². The second kappa shape index (κ2) is 6.70. The van der Waals surface area contributed by atoms with Crippen molar-refractivity contribution >= 4 is 12.1 Å². The highest BCUT2D eigenvalue weighted by Crippen LogP contribution is 2.36. The van der Waals surface area contributed by atoms with Crippen LogP contribution in [-0.4, -0.2) is 35.2 Å². The summed E-state index contributed by atoms with van der Waals surface area (Å²) in [5.74, 6) is 0.203. The summed E-state index contributed by atoms with van der Waals surface area (Å²) in [6.07, 6.45) is -8.19. The van der Waals surface area contributed by atoms with Gasteiger partial charge in [-0.2, -0.15) is 26.3 Å². The second-order valence-corrected chi connectivity index (χ2v) is 5.17. The molecule has 2 rings (SSSR count). The fourth-order valence-electron chi connectivity index (χ4n) is 2.33. The molecule has 0 aliphatic carbocycles. The molecule has 0 unspecified atom stereocenters. The Bertz CT molecular complexity index is 619. The topological polar surface area (TPSA) is 48.2 Å². The van der Waals surface area contributed by atoms with Crippen molar-refractivity contribution in [1.82, 2.24) is 4.90 Å². The maximum Gasteiger partial charge on any atom is 0.416 e. The van der Waals surface area contributed by atoms with Crippen molar-refractivity contribution in [3.63, 3.8) is 0 Å². The summed E-state index contributed by atoms with van der Waals surface area (Å²) in [4.78, 5) is 5.49. The molecule has 10 heteroatoms. The van der Waals surface area contributed by atoms with Crippen molar-refractivity contribution in [2.75, 3.05) is 13.1 Å². The number of alkyl halides is 6. The van der Waals surface area contributed by atoms with Crippen LogP contribution in [0.15, 0.2) is 28.3 Å². The molecule has 1 heterocycles. The quantitative estimate of drug-likeness (QED) is 0.389. The Balaban J connectivity index is 2.39. The standard InChI is InChI=1S/C14H13F6N3O/c15-13(16,17)10-4-9(5-11(6-10)14(18,19)20)8-23-3-1-2-21-12(23)7-22-24/h4-7,24H,1-3,8H2/b22-7+. The van der Waals surface area contributed by atoms with Gasteiger partial charge >= 0.3 is 12.4 Å². The summed E-state index contributed by atoms with van der Waals surface area (Å²) in [5, 5.41) is 11.4. The average molecular weight is 353 g/mol. The first-order chi connectivity index (χ1) is 11.1. The van der Waals surface area contributed by atoms with Crippen LogP contribution >= 0.6 is 0 Å². The van der Waals surface area contributed by atoms with E-state index >= 15 is 0 Å². The van der Waals surface area contributed by atoms with Gasteiger partial charge in [0.2, 0.25) is 0 Å². The Morgan fingerprint density at radius 3 is 2.17 bits per heavy atom. The van der Waals surface area contributed by atoms with Gasteiger partial charge < -0.3 is 10.1 Å². The first-order valence-corrected chi connectivity index (χ1v) is 6.86. The first-order valence-electron chi connectivity index (χ1n) is 6.86. The molecule has 0 saturated heterocycles. The van der Waals surface area contributed by atoms with Gasteiger partial charge in [0.25, 0.3) is 0 Å². The third-order valence-electron chi connectivity index (χ3n) is 3.38. The number of benzene rings is 1. The SMILES string of the molecule is O/N=C/C1=NCCCN1Cc1cc(C(F)(F)F)cc(C(F)(F)F)c1. The van der Waals surface area contributed by atoms with Crippen LogP contribution in [0.5, 0.6) is 0 Å². The molecule has 1 aromatic carbocycles. The number of oxime groups is 1. The zero-order valence-electron chi connectivity index (χ0n) is 12.2. The number of nitrogens with zero attached hydrogens (tertiary/aromatic N) is 3. The summed E-state index contributed by atoms with van der Waals surface area (Å²) >= 11 is 0. The van der Waals surface area contributed by atoms with Crippen LogP contribution < -0.4 is 0 Å². The van der Waals surface area contributed by atoms with E-state index in [1.165, 1.54) is 4.90 Å². The second-order valence-electron chi connectivity index (χ2n) is 5.17. The Hall–Kier alpha value is -2.26. The molecule has 0 saturated carbocycles. The molecule has 24 heavy (non-hydrogen) atoms. The van der Waals surface area contributed by atoms with Gasteiger partial charge in [0.05, 0.1) is 11.1 Å². The zero-order valence-corrected chi connectivity index (χ0v) is 12.2. The molecule has 4 nitrogen and oxygen atoms in total. The van der Waals surface area contributed by atoms with E-state index in [2.05, 4.69) is 10.1 Å². The van der Waals surface area contributed by atoms with Crippen LogP contribution in [0.25, 0.3) is 0 Å². The van der Waals surface area contributed by atoms with E-state index in [9.17, 15) is 26.3 Å². The van der Waals surface area contributed by atoms with Gasteiger partial charge in [-0.3, -0.25) is 4.99 Å². The van der Waals surface area contributed by atoms with Crippen LogP contribution in [-0.2, 0) is 18.9 Å². The predicted molar refractivity (Wildman–Crippen MR) is 74.1 cm³/mol. The van der Waals surface area contributed by atoms with Crippen molar-refractivity contribution in [2.45, 2.75) is 25.3 Å². The van der Waals surface area contributed by atoms with Gasteiger partial charge in [0, 0.05) is 19.6 Å². The third kappa shape index (κ3) is 4.39. The molecule has 1 N–H and O–H groups in total. The summed E-state index contributed by atoms with van der Waals surface area (Å²) in [7, 11) is 0. The van der Waals surface area contributed by atoms with Crippen LogP contribution in [0.3, 0.4) is 0 Å². The minimum atomic E-state index is -4.89. The smallest absolute Gasteiger partial charge is 0.411 e. The lowest BCUT2D eigenvalue weighted by Crippen LogP contribution is -2.36. The Morgan fingerprint density at radius 1 is 1.08 bits per heavy atom. The lowest BCUT2D eigenvalue weighted by Gasteiger charge is -2.27. The number of aliphatic imine (C=N–C) groups is 1. The highest BCUT2D eigenvalue weighted by Gasteiger charge is 2.37. The maximum absolute atomic E-state index is 12.9. The molecule has 0 bridgehead atoms. The molecule has 1 aliphatic heterocycles. The van der Waals surface area contributed by atoms with Crippen molar-refractivity contribution in [2.24, 2.45) is 10.1 Å². The third-order valence-corrected chi connectivity index (χ3v) is 3.38. The lowest BCUT2D eigenvalue weighted by atomic mass is 10.0. The molecule has 1 aromatic rings. The molecule has 0 fully saturated rings. The molecule has 0 aromatic heterocycles. The summed E-state index contributed by atoms with van der Waals surface area (Å²) in [6, 6.07) is 1.44. The first kappa shape index (κ1) is 18.1. The number of amidine groups is 1. The minimum Gasteiger partial charge on any atom is -0.411 e. The van der Waals surface area contributed by atoms with E-state index in [1.54, 1.807) is 0 Å². The van der Waals surface area contributed by atoms with Crippen LogP contribution in [0.2, 0.25) is 0 Å². The van der Waals surface area contributed by atoms with E-state index in [0.29, 0.717) is 31.6 Å².